The summed E-state index contributed by atoms with van der Waals surface area (Å²) in [5.41, 5.74) is -1.60. The SMILES string of the molecule is [2H]c1nc(-c2cc3c([2H])c([2H])c([2H])c([2H])c3[se]2)c2cc3cc([2H])c([2H])cc3c(C(F)(F)F)c2n1. The number of nitrogens with zero attached hydrogens (tertiary/aromatic N) is 2. The van der Waals surface area contributed by atoms with Gasteiger partial charge in [0.1, 0.15) is 0 Å². The predicted octanol–water partition coefficient (Wildman–Crippen LogP) is 5.68. The Labute approximate surface area is 167 Å². The quantitative estimate of drug-likeness (QED) is 0.251. The Morgan fingerprint density at radius 1 is 0.889 bits per heavy atom. The average Bonchev–Trinajstić information content (AvgIpc) is 3.20. The molecule has 0 saturated heterocycles. The van der Waals surface area contributed by atoms with Gasteiger partial charge >= 0.3 is 167 Å². The van der Waals surface area contributed by atoms with Crippen molar-refractivity contribution in [2.45, 2.75) is 6.18 Å². The van der Waals surface area contributed by atoms with Gasteiger partial charge < -0.3 is 0 Å². The van der Waals surface area contributed by atoms with E-state index in [1.54, 1.807) is 0 Å². The van der Waals surface area contributed by atoms with E-state index in [1.807, 2.05) is 0 Å². The van der Waals surface area contributed by atoms with E-state index in [-0.39, 0.29) is 51.4 Å². The van der Waals surface area contributed by atoms with Crippen LogP contribution in [-0.2, 0) is 6.18 Å². The van der Waals surface area contributed by atoms with Crippen LogP contribution in [-0.4, -0.2) is 24.5 Å². The van der Waals surface area contributed by atoms with Crippen LogP contribution >= 0.6 is 0 Å². The van der Waals surface area contributed by atoms with Gasteiger partial charge in [0.15, 0.2) is 0 Å². The Kier molecular flexibility index (Phi) is 2.32. The minimum atomic E-state index is -4.87. The van der Waals surface area contributed by atoms with Crippen molar-refractivity contribution in [1.82, 2.24) is 9.97 Å². The minimum absolute atomic E-state index is 0.0101. The third-order valence-corrected chi connectivity index (χ3v) is 6.38. The number of hydrogen-bond acceptors (Lipinski definition) is 2. The van der Waals surface area contributed by atoms with Crippen LogP contribution in [0.3, 0.4) is 0 Å². The summed E-state index contributed by atoms with van der Waals surface area (Å²) in [6.07, 6.45) is -5.52. The maximum absolute atomic E-state index is 14.2. The first-order valence-electron chi connectivity index (χ1n) is 11.2. The van der Waals surface area contributed by atoms with Crippen LogP contribution in [0.25, 0.3) is 41.5 Å². The summed E-state index contributed by atoms with van der Waals surface area (Å²) < 4.78 is 99.1. The summed E-state index contributed by atoms with van der Waals surface area (Å²) in [6.45, 7) is 0. The van der Waals surface area contributed by atoms with Crippen LogP contribution in [0.5, 0.6) is 0 Å². The first-order valence-corrected chi connectivity index (χ1v) is 9.39. The Bertz CT molecular complexity index is 1640. The second kappa shape index (κ2) is 5.91. The number of hydrogen-bond donors (Lipinski definition) is 0. The van der Waals surface area contributed by atoms with Crippen LogP contribution in [0, 0.1) is 0 Å². The normalized spacial score (nSPS) is 15.9. The average molecular weight is 434 g/mol. The Morgan fingerprint density at radius 3 is 2.56 bits per heavy atom. The molecule has 0 aliphatic rings. The Morgan fingerprint density at radius 2 is 1.70 bits per heavy atom. The zero-order valence-corrected chi connectivity index (χ0v) is 15.0. The molecule has 0 N–H and O–H groups in total. The number of halogens is 3. The Hall–Kier alpha value is -2.69. The molecule has 0 aliphatic heterocycles. The summed E-state index contributed by atoms with van der Waals surface area (Å²) in [4.78, 5) is 7.84. The van der Waals surface area contributed by atoms with Crippen molar-refractivity contribution >= 4 is 45.8 Å². The van der Waals surface area contributed by atoms with Crippen molar-refractivity contribution in [3.05, 3.63) is 72.4 Å². The molecule has 27 heavy (non-hydrogen) atoms. The number of aromatic nitrogens is 2. The van der Waals surface area contributed by atoms with Gasteiger partial charge in [-0.2, -0.15) is 0 Å². The molecule has 2 aromatic heterocycles. The van der Waals surface area contributed by atoms with Gasteiger partial charge in [0.25, 0.3) is 0 Å². The number of alkyl halides is 3. The van der Waals surface area contributed by atoms with Crippen molar-refractivity contribution in [2.24, 2.45) is 0 Å². The van der Waals surface area contributed by atoms with E-state index in [4.69, 9.17) is 9.60 Å². The first kappa shape index (κ1) is 10.6. The number of rotatable bonds is 1. The third-order valence-electron chi connectivity index (χ3n) is 4.16. The zero-order chi connectivity index (χ0) is 24.7. The first-order chi connectivity index (χ1) is 15.9. The third kappa shape index (κ3) is 2.64. The fraction of sp³-hybridized carbons (Fsp3) is 0.0476. The second-order valence-corrected chi connectivity index (χ2v) is 7.96. The van der Waals surface area contributed by atoms with Crippen molar-refractivity contribution in [3.8, 4) is 10.1 Å². The molecule has 0 saturated carbocycles. The van der Waals surface area contributed by atoms with Gasteiger partial charge in [-0.15, -0.1) is 0 Å². The van der Waals surface area contributed by atoms with E-state index in [0.717, 1.165) is 12.1 Å². The van der Waals surface area contributed by atoms with E-state index in [0.29, 0.717) is 8.70 Å². The van der Waals surface area contributed by atoms with E-state index < -0.39 is 50.1 Å². The fourth-order valence-corrected chi connectivity index (χ4v) is 5.09. The molecule has 2 heterocycles. The topological polar surface area (TPSA) is 25.8 Å². The van der Waals surface area contributed by atoms with Crippen molar-refractivity contribution < 1.29 is 22.8 Å². The molecule has 0 fully saturated rings. The number of benzene rings is 3. The molecule has 0 amide bonds. The maximum atomic E-state index is 14.2. The molecule has 5 rings (SSSR count). The molecule has 2 nitrogen and oxygen atoms in total. The molecule has 0 atom stereocenters. The molecule has 0 radical (unpaired) electrons. The summed E-state index contributed by atoms with van der Waals surface area (Å²) in [5, 5.41) is 0.00246. The summed E-state index contributed by atoms with van der Waals surface area (Å²) >= 11 is -0.710. The van der Waals surface area contributed by atoms with Crippen molar-refractivity contribution in [2.75, 3.05) is 0 Å². The van der Waals surface area contributed by atoms with Crippen molar-refractivity contribution in [1.29, 1.82) is 0 Å². The number of fused-ring (bicyclic) bond motifs is 3. The predicted molar refractivity (Wildman–Crippen MR) is 102 cm³/mol. The van der Waals surface area contributed by atoms with E-state index >= 15 is 0 Å². The monoisotopic (exact) mass is 435 g/mol. The molecule has 5 aromatic rings. The summed E-state index contributed by atoms with van der Waals surface area (Å²) in [6, 6.07) is 3.10. The molecule has 0 unspecified atom stereocenters. The van der Waals surface area contributed by atoms with Gasteiger partial charge in [-0.05, 0) is 0 Å². The van der Waals surface area contributed by atoms with E-state index in [1.165, 1.54) is 12.1 Å². The molecule has 3 aromatic carbocycles. The molecular formula is C21H11F3N2Se. The van der Waals surface area contributed by atoms with Crippen LogP contribution in [0.2, 0.25) is 0 Å². The molecule has 0 aliphatic carbocycles. The van der Waals surface area contributed by atoms with Crippen LogP contribution in [0.4, 0.5) is 13.2 Å². The molecule has 0 spiro atoms. The van der Waals surface area contributed by atoms with Gasteiger partial charge in [0.2, 0.25) is 0 Å². The molecule has 0 bridgehead atoms. The second-order valence-electron chi connectivity index (χ2n) is 5.75. The van der Waals surface area contributed by atoms with Gasteiger partial charge in [-0.3, -0.25) is 0 Å². The van der Waals surface area contributed by atoms with E-state index in [9.17, 15) is 13.2 Å². The molecule has 6 heteroatoms. The zero-order valence-electron chi connectivity index (χ0n) is 20.2. The van der Waals surface area contributed by atoms with Crippen molar-refractivity contribution in [3.63, 3.8) is 0 Å². The van der Waals surface area contributed by atoms with Gasteiger partial charge in [-0.25, -0.2) is 0 Å². The summed E-state index contributed by atoms with van der Waals surface area (Å²) in [5.74, 6) is 0. The van der Waals surface area contributed by atoms with E-state index in [2.05, 4.69) is 9.97 Å². The van der Waals surface area contributed by atoms with Crippen LogP contribution < -0.4 is 0 Å². The van der Waals surface area contributed by atoms with Crippen LogP contribution in [0.1, 0.15) is 15.2 Å². The molecule has 132 valence electrons. The standard InChI is InChI=1S/C21H11F3N2Se/c22-21(23,24)18-14-7-3-1-5-12(14)9-15-19(25-11-26-20(15)18)17-10-13-6-2-4-8-16(13)27-17/h1-11H/i1D,2D,3D,4D,6D,8D,11D. The summed E-state index contributed by atoms with van der Waals surface area (Å²) in [7, 11) is 0. The van der Waals surface area contributed by atoms with Gasteiger partial charge in [-0.1, -0.05) is 0 Å². The van der Waals surface area contributed by atoms with Gasteiger partial charge in [0.05, 0.1) is 0 Å². The molecular weight excluding hydrogens is 416 g/mol. The Balaban J connectivity index is 1.95. The van der Waals surface area contributed by atoms with Crippen LogP contribution in [0.15, 0.2) is 66.8 Å². The van der Waals surface area contributed by atoms with Gasteiger partial charge in [0, 0.05) is 0 Å². The fourth-order valence-electron chi connectivity index (χ4n) is 3.05.